The summed E-state index contributed by atoms with van der Waals surface area (Å²) >= 11 is 0. The number of hydrogen-bond donors (Lipinski definition) is 0. The van der Waals surface area contributed by atoms with Gasteiger partial charge in [0.25, 0.3) is 0 Å². The third-order valence-electron chi connectivity index (χ3n) is 3.99. The maximum absolute atomic E-state index is 11.4. The lowest BCUT2D eigenvalue weighted by Crippen LogP contribution is -2.45. The first-order valence-electron chi connectivity index (χ1n) is 6.98. The summed E-state index contributed by atoms with van der Waals surface area (Å²) in [5, 5.41) is 1.03. The van der Waals surface area contributed by atoms with Gasteiger partial charge in [0.1, 0.15) is 5.82 Å². The fraction of sp³-hybridized carbons (Fsp3) is 0.375. The van der Waals surface area contributed by atoms with Gasteiger partial charge in [0.05, 0.1) is 11.1 Å². The second-order valence-corrected chi connectivity index (χ2v) is 5.46. The predicted octanol–water partition coefficient (Wildman–Crippen LogP) is 2.11. The summed E-state index contributed by atoms with van der Waals surface area (Å²) in [6, 6.07) is 8.03. The number of carbonyl (C=O) groups excluding carboxylic acids is 1. The third kappa shape index (κ3) is 2.27. The van der Waals surface area contributed by atoms with Gasteiger partial charge in [-0.1, -0.05) is 18.2 Å². The number of rotatable bonds is 2. The van der Waals surface area contributed by atoms with Crippen molar-refractivity contribution in [3.63, 3.8) is 0 Å². The van der Waals surface area contributed by atoms with Gasteiger partial charge < -0.3 is 9.80 Å². The largest absolute Gasteiger partial charge is 0.353 e. The maximum Gasteiger partial charge on any atom is 0.153 e. The summed E-state index contributed by atoms with van der Waals surface area (Å²) in [4.78, 5) is 20.7. The van der Waals surface area contributed by atoms with Crippen LogP contribution in [0.3, 0.4) is 0 Å². The molecule has 1 aliphatic rings. The molecule has 104 valence electrons. The minimum Gasteiger partial charge on any atom is -0.353 e. The Labute approximate surface area is 119 Å². The Kier molecular flexibility index (Phi) is 3.40. The molecule has 0 amide bonds. The van der Waals surface area contributed by atoms with E-state index in [9.17, 15) is 4.79 Å². The van der Waals surface area contributed by atoms with Gasteiger partial charge in [-0.05, 0) is 25.6 Å². The summed E-state index contributed by atoms with van der Waals surface area (Å²) in [5.41, 5.74) is 2.83. The van der Waals surface area contributed by atoms with E-state index in [2.05, 4.69) is 29.8 Å². The van der Waals surface area contributed by atoms with Crippen molar-refractivity contribution < 1.29 is 4.79 Å². The molecule has 0 radical (unpaired) electrons. The normalized spacial score (nSPS) is 16.6. The van der Waals surface area contributed by atoms with Crippen LogP contribution in [0.25, 0.3) is 10.9 Å². The zero-order valence-corrected chi connectivity index (χ0v) is 12.0. The van der Waals surface area contributed by atoms with Gasteiger partial charge >= 0.3 is 0 Å². The molecule has 0 aliphatic carbocycles. The Hall–Kier alpha value is -1.94. The quantitative estimate of drug-likeness (QED) is 0.782. The van der Waals surface area contributed by atoms with Crippen molar-refractivity contribution in [2.75, 3.05) is 38.1 Å². The molecule has 3 rings (SSSR count). The number of anilines is 1. The highest BCUT2D eigenvalue weighted by atomic mass is 16.1. The Morgan fingerprint density at radius 1 is 1.20 bits per heavy atom. The number of benzene rings is 1. The van der Waals surface area contributed by atoms with E-state index >= 15 is 0 Å². The number of aromatic nitrogens is 1. The van der Waals surface area contributed by atoms with Crippen LogP contribution in [0.1, 0.15) is 15.9 Å². The fourth-order valence-electron chi connectivity index (χ4n) is 2.71. The molecular weight excluding hydrogens is 250 g/mol. The third-order valence-corrected chi connectivity index (χ3v) is 3.99. The lowest BCUT2D eigenvalue weighted by atomic mass is 10.1. The molecule has 0 spiro atoms. The van der Waals surface area contributed by atoms with Gasteiger partial charge in [-0.25, -0.2) is 4.98 Å². The van der Waals surface area contributed by atoms with Gasteiger partial charge in [0.15, 0.2) is 6.29 Å². The van der Waals surface area contributed by atoms with E-state index in [0.29, 0.717) is 5.56 Å². The van der Waals surface area contributed by atoms with Crippen LogP contribution >= 0.6 is 0 Å². The van der Waals surface area contributed by atoms with E-state index in [-0.39, 0.29) is 0 Å². The number of aryl methyl sites for hydroxylation is 1. The zero-order chi connectivity index (χ0) is 14.1. The molecule has 0 saturated carbocycles. The molecule has 1 saturated heterocycles. The van der Waals surface area contributed by atoms with Crippen molar-refractivity contribution in [1.82, 2.24) is 9.88 Å². The minimum atomic E-state index is 0.688. The van der Waals surface area contributed by atoms with E-state index in [0.717, 1.165) is 54.7 Å². The topological polar surface area (TPSA) is 36.4 Å². The second-order valence-electron chi connectivity index (χ2n) is 5.46. The Bertz CT molecular complexity index is 645. The summed E-state index contributed by atoms with van der Waals surface area (Å²) in [5.74, 6) is 0.829. The monoisotopic (exact) mass is 269 g/mol. The van der Waals surface area contributed by atoms with Gasteiger partial charge in [0.2, 0.25) is 0 Å². The number of fused-ring (bicyclic) bond motifs is 1. The number of aldehydes is 1. The molecule has 1 aromatic carbocycles. The van der Waals surface area contributed by atoms with Gasteiger partial charge in [-0.3, -0.25) is 4.79 Å². The fourth-order valence-corrected chi connectivity index (χ4v) is 2.71. The number of carbonyl (C=O) groups is 1. The van der Waals surface area contributed by atoms with Gasteiger partial charge in [-0.2, -0.15) is 0 Å². The number of para-hydroxylation sites is 1. The lowest BCUT2D eigenvalue weighted by molar-refractivity contribution is 0.112. The highest BCUT2D eigenvalue weighted by molar-refractivity contribution is 5.93. The molecule has 2 aromatic rings. The van der Waals surface area contributed by atoms with E-state index in [1.54, 1.807) is 0 Å². The average Bonchev–Trinajstić information content (AvgIpc) is 2.47. The first-order chi connectivity index (χ1) is 9.69. The summed E-state index contributed by atoms with van der Waals surface area (Å²) < 4.78 is 0. The van der Waals surface area contributed by atoms with Crippen LogP contribution in [-0.4, -0.2) is 49.4 Å². The van der Waals surface area contributed by atoms with Crippen molar-refractivity contribution in [1.29, 1.82) is 0 Å². The summed E-state index contributed by atoms with van der Waals surface area (Å²) in [6.45, 7) is 5.91. The molecule has 1 aromatic heterocycles. The van der Waals surface area contributed by atoms with Crippen molar-refractivity contribution in [3.8, 4) is 0 Å². The van der Waals surface area contributed by atoms with E-state index in [1.807, 2.05) is 18.2 Å². The molecule has 4 heteroatoms. The molecule has 4 nitrogen and oxygen atoms in total. The van der Waals surface area contributed by atoms with Crippen LogP contribution in [0, 0.1) is 6.92 Å². The van der Waals surface area contributed by atoms with Crippen molar-refractivity contribution in [2.24, 2.45) is 0 Å². The predicted molar refractivity (Wildman–Crippen MR) is 81.6 cm³/mol. The van der Waals surface area contributed by atoms with Crippen LogP contribution in [-0.2, 0) is 0 Å². The van der Waals surface area contributed by atoms with Crippen LogP contribution in [0.5, 0.6) is 0 Å². The number of piperazine rings is 1. The Morgan fingerprint density at radius 2 is 1.95 bits per heavy atom. The smallest absolute Gasteiger partial charge is 0.153 e. The Morgan fingerprint density at radius 3 is 2.65 bits per heavy atom. The minimum absolute atomic E-state index is 0.688. The Balaban J connectivity index is 2.09. The molecule has 0 N–H and O–H groups in total. The number of nitrogens with zero attached hydrogens (tertiary/aromatic N) is 3. The molecule has 20 heavy (non-hydrogen) atoms. The average molecular weight is 269 g/mol. The highest BCUT2D eigenvalue weighted by Gasteiger charge is 2.19. The van der Waals surface area contributed by atoms with Crippen LogP contribution < -0.4 is 4.90 Å². The first kappa shape index (κ1) is 13.1. The molecule has 1 aliphatic heterocycles. The number of pyridine rings is 1. The second kappa shape index (κ2) is 5.21. The SMILES string of the molecule is Cc1cccc2cc(C=O)c(N3CCN(C)CC3)nc12. The van der Waals surface area contributed by atoms with Crippen molar-refractivity contribution in [2.45, 2.75) is 6.92 Å². The molecular formula is C16H19N3O. The molecule has 0 bridgehead atoms. The van der Waals surface area contributed by atoms with Gasteiger partial charge in [0, 0.05) is 31.6 Å². The highest BCUT2D eigenvalue weighted by Crippen LogP contribution is 2.25. The van der Waals surface area contributed by atoms with Crippen molar-refractivity contribution in [3.05, 3.63) is 35.4 Å². The zero-order valence-electron chi connectivity index (χ0n) is 12.0. The van der Waals surface area contributed by atoms with Crippen LogP contribution in [0.4, 0.5) is 5.82 Å². The number of hydrogen-bond acceptors (Lipinski definition) is 4. The van der Waals surface area contributed by atoms with E-state index < -0.39 is 0 Å². The molecule has 2 heterocycles. The number of likely N-dealkylation sites (N-methyl/N-ethyl adjacent to an activating group) is 1. The van der Waals surface area contributed by atoms with Gasteiger partial charge in [-0.15, -0.1) is 0 Å². The molecule has 0 atom stereocenters. The van der Waals surface area contributed by atoms with Crippen LogP contribution in [0.15, 0.2) is 24.3 Å². The first-order valence-corrected chi connectivity index (χ1v) is 6.98. The maximum atomic E-state index is 11.4. The standard InChI is InChI=1S/C16H19N3O/c1-12-4-3-5-13-10-14(11-20)16(17-15(12)13)19-8-6-18(2)7-9-19/h3-5,10-11H,6-9H2,1-2H3. The van der Waals surface area contributed by atoms with Crippen LogP contribution in [0.2, 0.25) is 0 Å². The van der Waals surface area contributed by atoms with Crippen molar-refractivity contribution >= 4 is 23.0 Å². The summed E-state index contributed by atoms with van der Waals surface area (Å²) in [6.07, 6.45) is 0.919. The van der Waals surface area contributed by atoms with E-state index in [4.69, 9.17) is 4.98 Å². The van der Waals surface area contributed by atoms with E-state index in [1.165, 1.54) is 0 Å². The summed E-state index contributed by atoms with van der Waals surface area (Å²) in [7, 11) is 2.12. The molecule has 0 unspecified atom stereocenters. The lowest BCUT2D eigenvalue weighted by Gasteiger charge is -2.34. The molecule has 1 fully saturated rings.